The number of fused-ring (bicyclic) bond motifs is 1. The van der Waals surface area contributed by atoms with E-state index in [-0.39, 0.29) is 5.56 Å². The Morgan fingerprint density at radius 2 is 1.62 bits per heavy atom. The SMILES string of the molecule is Cc1ccc(N)c(C(=O)O)c1.Cc1ccc2[nH]c(=O)oc(=O)c2c1.O=C(Cl)OC(Cl)(Cl)Cl. The van der Waals surface area contributed by atoms with Gasteiger partial charge in [-0.15, -0.1) is 0 Å². The maximum Gasteiger partial charge on any atom is 0.419 e. The summed E-state index contributed by atoms with van der Waals surface area (Å²) in [5.41, 5.74) is 6.50. The number of benzene rings is 2. The molecule has 0 spiro atoms. The Morgan fingerprint density at radius 3 is 2.09 bits per heavy atom. The summed E-state index contributed by atoms with van der Waals surface area (Å²) in [7, 11) is 0. The molecule has 0 radical (unpaired) electrons. The van der Waals surface area contributed by atoms with Gasteiger partial charge < -0.3 is 20.0 Å². The number of halogens is 4. The van der Waals surface area contributed by atoms with Crippen molar-refractivity contribution in [1.82, 2.24) is 4.98 Å². The number of anilines is 1. The standard InChI is InChI=1S/C9H7NO3.C8H9NO2.C2Cl4O2/c1-5-2-3-7-6(4-5)8(11)13-9(12)10-7;1-5-2-3-7(9)6(4-5)8(10)11;3-1(7)8-2(4,5)6/h2-4H,1H3,(H,10,12);2-4H,9H2,1H3,(H,10,11);. The van der Waals surface area contributed by atoms with Gasteiger partial charge in [0, 0.05) is 17.3 Å². The van der Waals surface area contributed by atoms with Crippen molar-refractivity contribution < 1.29 is 23.8 Å². The molecule has 9 nitrogen and oxygen atoms in total. The minimum Gasteiger partial charge on any atom is -0.478 e. The monoisotopic (exact) mass is 524 g/mol. The summed E-state index contributed by atoms with van der Waals surface area (Å²) >= 11 is 19.4. The number of nitrogen functional groups attached to an aromatic ring is 1. The molecule has 0 amide bonds. The fourth-order valence-corrected chi connectivity index (χ4v) is 2.60. The molecule has 0 saturated heterocycles. The van der Waals surface area contributed by atoms with Gasteiger partial charge in [-0.3, -0.25) is 4.98 Å². The van der Waals surface area contributed by atoms with Crippen LogP contribution in [0.15, 0.2) is 50.4 Å². The molecule has 13 heteroatoms. The molecule has 32 heavy (non-hydrogen) atoms. The lowest BCUT2D eigenvalue weighted by Gasteiger charge is -2.06. The van der Waals surface area contributed by atoms with Crippen LogP contribution in [0, 0.1) is 13.8 Å². The molecule has 0 saturated carbocycles. The maximum atomic E-state index is 11.2. The van der Waals surface area contributed by atoms with Gasteiger partial charge in [-0.2, -0.15) is 0 Å². The van der Waals surface area contributed by atoms with Crippen LogP contribution in [-0.4, -0.2) is 25.5 Å². The van der Waals surface area contributed by atoms with Crippen LogP contribution in [0.25, 0.3) is 10.9 Å². The molecule has 0 aliphatic heterocycles. The minimum atomic E-state index is -2.04. The molecule has 1 aromatic heterocycles. The molecule has 4 N–H and O–H groups in total. The zero-order valence-corrected chi connectivity index (χ0v) is 19.5. The molecule has 0 aliphatic rings. The highest BCUT2D eigenvalue weighted by Gasteiger charge is 2.23. The van der Waals surface area contributed by atoms with Gasteiger partial charge in [-0.25, -0.2) is 19.2 Å². The van der Waals surface area contributed by atoms with Crippen molar-refractivity contribution in [2.45, 2.75) is 17.8 Å². The fourth-order valence-electron chi connectivity index (χ4n) is 2.16. The number of carboxylic acid groups (broad SMARTS) is 1. The predicted octanol–water partition coefficient (Wildman–Crippen LogP) is 4.75. The van der Waals surface area contributed by atoms with Gasteiger partial charge in [0.15, 0.2) is 0 Å². The number of aromatic carboxylic acids is 1. The first-order valence-electron chi connectivity index (χ1n) is 8.38. The number of aromatic amines is 1. The molecular weight excluding hydrogens is 510 g/mol. The van der Waals surface area contributed by atoms with Crippen LogP contribution >= 0.6 is 46.4 Å². The summed E-state index contributed by atoms with van der Waals surface area (Å²) in [5.74, 6) is -1.70. The zero-order chi connectivity index (χ0) is 24.6. The van der Waals surface area contributed by atoms with E-state index in [4.69, 9.17) is 45.6 Å². The molecular formula is C19H16Cl4N2O7. The van der Waals surface area contributed by atoms with Crippen molar-refractivity contribution in [2.24, 2.45) is 0 Å². The number of nitrogens with one attached hydrogen (secondary N) is 1. The third-order valence-electron chi connectivity index (χ3n) is 3.45. The first kappa shape index (κ1) is 27.3. The topological polar surface area (TPSA) is 153 Å². The van der Waals surface area contributed by atoms with Crippen molar-refractivity contribution in [1.29, 1.82) is 0 Å². The van der Waals surface area contributed by atoms with Gasteiger partial charge in [-0.05, 0) is 72.9 Å². The van der Waals surface area contributed by atoms with Crippen LogP contribution in [0.1, 0.15) is 21.5 Å². The third kappa shape index (κ3) is 9.61. The van der Waals surface area contributed by atoms with Crippen molar-refractivity contribution in [3.8, 4) is 0 Å². The number of alkyl halides is 3. The number of H-pyrrole nitrogens is 1. The lowest BCUT2D eigenvalue weighted by molar-refractivity contribution is 0.0698. The largest absolute Gasteiger partial charge is 0.478 e. The van der Waals surface area contributed by atoms with Gasteiger partial charge in [0.2, 0.25) is 0 Å². The van der Waals surface area contributed by atoms with Gasteiger partial charge >= 0.3 is 26.8 Å². The Balaban J connectivity index is 0.000000248. The number of aryl methyl sites for hydroxylation is 2. The summed E-state index contributed by atoms with van der Waals surface area (Å²) in [4.78, 5) is 44.6. The van der Waals surface area contributed by atoms with E-state index in [0.29, 0.717) is 16.6 Å². The third-order valence-corrected chi connectivity index (χ3v) is 3.76. The summed E-state index contributed by atoms with van der Waals surface area (Å²) in [6.07, 6.45) is 0. The number of carbonyl (C=O) groups is 2. The number of carbonyl (C=O) groups excluding carboxylic acids is 1. The molecule has 3 rings (SSSR count). The van der Waals surface area contributed by atoms with Crippen LogP contribution in [-0.2, 0) is 4.74 Å². The van der Waals surface area contributed by atoms with E-state index in [1.54, 1.807) is 30.3 Å². The number of rotatable bonds is 1. The van der Waals surface area contributed by atoms with E-state index >= 15 is 0 Å². The quantitative estimate of drug-likeness (QED) is 0.233. The van der Waals surface area contributed by atoms with E-state index in [9.17, 15) is 19.2 Å². The number of hydrogen-bond acceptors (Lipinski definition) is 7. The molecule has 0 fully saturated rings. The molecule has 172 valence electrons. The molecule has 0 bridgehead atoms. The van der Waals surface area contributed by atoms with E-state index in [0.717, 1.165) is 11.1 Å². The Hall–Kier alpha value is -2.72. The zero-order valence-electron chi connectivity index (χ0n) is 16.5. The number of hydrogen-bond donors (Lipinski definition) is 3. The Kier molecular flexibility index (Phi) is 10.0. The number of nitrogens with two attached hydrogens (primary N) is 1. The van der Waals surface area contributed by atoms with Gasteiger partial charge in [0.1, 0.15) is 0 Å². The van der Waals surface area contributed by atoms with Crippen molar-refractivity contribution in [3.05, 3.63) is 74.1 Å². The minimum absolute atomic E-state index is 0.171. The average Bonchev–Trinajstić information content (AvgIpc) is 2.63. The molecule has 0 unspecified atom stereocenters. The second kappa shape index (κ2) is 11.8. The van der Waals surface area contributed by atoms with Crippen LogP contribution in [0.4, 0.5) is 10.5 Å². The molecule has 3 aromatic rings. The van der Waals surface area contributed by atoms with Gasteiger partial charge in [0.25, 0.3) is 0 Å². The van der Waals surface area contributed by atoms with Crippen LogP contribution < -0.4 is 17.1 Å². The summed E-state index contributed by atoms with van der Waals surface area (Å²) in [6, 6.07) is 10.1. The van der Waals surface area contributed by atoms with Gasteiger partial charge in [-0.1, -0.05) is 23.3 Å². The van der Waals surface area contributed by atoms with Crippen LogP contribution in [0.2, 0.25) is 0 Å². The van der Waals surface area contributed by atoms with Crippen molar-refractivity contribution in [2.75, 3.05) is 5.73 Å². The second-order valence-electron chi connectivity index (χ2n) is 6.03. The van der Waals surface area contributed by atoms with E-state index in [1.165, 1.54) is 0 Å². The molecule has 0 aliphatic carbocycles. The normalized spacial score (nSPS) is 10.3. The summed E-state index contributed by atoms with van der Waals surface area (Å²) in [5, 5.41) is 9.01. The van der Waals surface area contributed by atoms with Crippen molar-refractivity contribution >= 4 is 74.4 Å². The average molecular weight is 526 g/mol. The van der Waals surface area contributed by atoms with Crippen LogP contribution in [0.3, 0.4) is 0 Å². The van der Waals surface area contributed by atoms with Crippen LogP contribution in [0.5, 0.6) is 0 Å². The number of carboxylic acids is 1. The smallest absolute Gasteiger partial charge is 0.419 e. The van der Waals surface area contributed by atoms with Crippen molar-refractivity contribution in [3.63, 3.8) is 0 Å². The Morgan fingerprint density at radius 1 is 1.06 bits per heavy atom. The maximum absolute atomic E-state index is 11.2. The van der Waals surface area contributed by atoms with E-state index in [2.05, 4.69) is 25.7 Å². The molecule has 2 aromatic carbocycles. The fraction of sp³-hybridized carbons (Fsp3) is 0.158. The summed E-state index contributed by atoms with van der Waals surface area (Å²) in [6.45, 7) is 3.69. The number of ether oxygens (including phenoxy) is 1. The highest BCUT2D eigenvalue weighted by atomic mass is 35.6. The lowest BCUT2D eigenvalue weighted by atomic mass is 10.1. The van der Waals surface area contributed by atoms with Gasteiger partial charge in [0.05, 0.1) is 16.5 Å². The first-order chi connectivity index (χ1) is 14.7. The lowest BCUT2D eigenvalue weighted by Crippen LogP contribution is -2.14. The highest BCUT2D eigenvalue weighted by Crippen LogP contribution is 2.27. The molecule has 1 heterocycles. The highest BCUT2D eigenvalue weighted by molar-refractivity contribution is 6.69. The van der Waals surface area contributed by atoms with E-state index < -0.39 is 26.8 Å². The second-order valence-corrected chi connectivity index (χ2v) is 8.52. The number of aromatic nitrogens is 1. The summed E-state index contributed by atoms with van der Waals surface area (Å²) < 4.78 is 6.20. The molecule has 0 atom stereocenters. The Bertz CT molecular complexity index is 1230. The first-order valence-corrected chi connectivity index (χ1v) is 9.89. The Labute approximate surface area is 200 Å². The predicted molar refractivity (Wildman–Crippen MR) is 123 cm³/mol. The van der Waals surface area contributed by atoms with E-state index in [1.807, 2.05) is 19.9 Å².